The van der Waals surface area contributed by atoms with E-state index in [4.69, 9.17) is 4.74 Å². The Labute approximate surface area is 125 Å². The van der Waals surface area contributed by atoms with Gasteiger partial charge in [0.05, 0.1) is 19.3 Å². The second-order valence-corrected chi connectivity index (χ2v) is 5.93. The van der Waals surface area contributed by atoms with E-state index in [1.807, 2.05) is 24.3 Å². The fourth-order valence-electron chi connectivity index (χ4n) is 3.42. The molecule has 1 aromatic rings. The molecule has 5 nitrogen and oxygen atoms in total. The number of methoxy groups -OCH3 is 1. The van der Waals surface area contributed by atoms with Gasteiger partial charge >= 0.3 is 0 Å². The number of anilines is 1. The highest BCUT2D eigenvalue weighted by Crippen LogP contribution is 2.27. The highest BCUT2D eigenvalue weighted by Gasteiger charge is 2.33. The number of ether oxygens (including phenoxy) is 1. The number of fused-ring (bicyclic) bond motifs is 2. The van der Waals surface area contributed by atoms with Crippen molar-refractivity contribution in [2.75, 3.05) is 19.0 Å². The zero-order chi connectivity index (χ0) is 14.7. The SMILES string of the molecule is COc1ccccc1NCC(=O)NC1CC2CCC(C1)N2. The molecule has 2 heterocycles. The molecule has 3 rings (SSSR count). The minimum Gasteiger partial charge on any atom is -0.495 e. The zero-order valence-electron chi connectivity index (χ0n) is 12.4. The summed E-state index contributed by atoms with van der Waals surface area (Å²) in [5, 5.41) is 9.87. The number of carbonyl (C=O) groups is 1. The molecule has 0 aliphatic carbocycles. The zero-order valence-corrected chi connectivity index (χ0v) is 12.4. The summed E-state index contributed by atoms with van der Waals surface area (Å²) in [5.41, 5.74) is 0.848. The van der Waals surface area contributed by atoms with E-state index in [9.17, 15) is 4.79 Å². The van der Waals surface area contributed by atoms with Crippen LogP contribution in [0.15, 0.2) is 24.3 Å². The van der Waals surface area contributed by atoms with Crippen LogP contribution in [0.4, 0.5) is 5.69 Å². The third-order valence-electron chi connectivity index (χ3n) is 4.38. The fourth-order valence-corrected chi connectivity index (χ4v) is 3.42. The first-order chi connectivity index (χ1) is 10.2. The molecule has 2 aliphatic heterocycles. The van der Waals surface area contributed by atoms with Crippen LogP contribution in [0, 0.1) is 0 Å². The molecule has 2 fully saturated rings. The molecule has 0 saturated carbocycles. The molecule has 21 heavy (non-hydrogen) atoms. The van der Waals surface area contributed by atoms with Gasteiger partial charge in [-0.15, -0.1) is 0 Å². The van der Waals surface area contributed by atoms with Gasteiger partial charge in [-0.1, -0.05) is 12.1 Å². The quantitative estimate of drug-likeness (QED) is 0.769. The van der Waals surface area contributed by atoms with Gasteiger partial charge in [0.2, 0.25) is 5.91 Å². The normalized spacial score (nSPS) is 27.2. The van der Waals surface area contributed by atoms with E-state index in [1.165, 1.54) is 12.8 Å². The van der Waals surface area contributed by atoms with Crippen molar-refractivity contribution >= 4 is 11.6 Å². The largest absolute Gasteiger partial charge is 0.495 e. The Kier molecular flexibility index (Phi) is 4.29. The van der Waals surface area contributed by atoms with Crippen LogP contribution >= 0.6 is 0 Å². The van der Waals surface area contributed by atoms with Crippen molar-refractivity contribution in [3.8, 4) is 5.75 Å². The predicted octanol–water partition coefficient (Wildman–Crippen LogP) is 1.51. The molecule has 2 bridgehead atoms. The van der Waals surface area contributed by atoms with Gasteiger partial charge in [0.15, 0.2) is 0 Å². The van der Waals surface area contributed by atoms with Crippen molar-refractivity contribution < 1.29 is 9.53 Å². The number of amides is 1. The van der Waals surface area contributed by atoms with Crippen molar-refractivity contribution in [1.82, 2.24) is 10.6 Å². The number of piperidine rings is 1. The molecule has 0 aromatic heterocycles. The predicted molar refractivity (Wildman–Crippen MR) is 82.6 cm³/mol. The third-order valence-corrected chi connectivity index (χ3v) is 4.38. The van der Waals surface area contributed by atoms with E-state index >= 15 is 0 Å². The molecule has 3 N–H and O–H groups in total. The van der Waals surface area contributed by atoms with Gasteiger partial charge in [0, 0.05) is 18.1 Å². The maximum absolute atomic E-state index is 12.1. The Morgan fingerprint density at radius 3 is 2.71 bits per heavy atom. The molecule has 2 unspecified atom stereocenters. The molecule has 2 atom stereocenters. The number of para-hydroxylation sites is 2. The minimum atomic E-state index is 0.0483. The first-order valence-corrected chi connectivity index (χ1v) is 7.67. The number of hydrogen-bond acceptors (Lipinski definition) is 4. The van der Waals surface area contributed by atoms with E-state index in [-0.39, 0.29) is 12.5 Å². The average molecular weight is 289 g/mol. The summed E-state index contributed by atoms with van der Waals surface area (Å²) < 4.78 is 5.26. The summed E-state index contributed by atoms with van der Waals surface area (Å²) in [7, 11) is 1.63. The molecule has 1 aromatic carbocycles. The Morgan fingerprint density at radius 1 is 1.29 bits per heavy atom. The van der Waals surface area contributed by atoms with E-state index in [0.717, 1.165) is 24.3 Å². The molecule has 0 radical (unpaired) electrons. The smallest absolute Gasteiger partial charge is 0.239 e. The lowest BCUT2D eigenvalue weighted by molar-refractivity contribution is -0.120. The average Bonchev–Trinajstić information content (AvgIpc) is 2.84. The lowest BCUT2D eigenvalue weighted by Crippen LogP contribution is -2.49. The fraction of sp³-hybridized carbons (Fsp3) is 0.562. The number of rotatable bonds is 5. The van der Waals surface area contributed by atoms with Crippen molar-refractivity contribution in [2.24, 2.45) is 0 Å². The Balaban J connectivity index is 1.48. The molecular weight excluding hydrogens is 266 g/mol. The molecule has 1 amide bonds. The highest BCUT2D eigenvalue weighted by molar-refractivity contribution is 5.81. The molecule has 2 saturated heterocycles. The minimum absolute atomic E-state index is 0.0483. The maximum Gasteiger partial charge on any atom is 0.239 e. The second kappa shape index (κ2) is 6.35. The van der Waals surface area contributed by atoms with Gasteiger partial charge in [0.1, 0.15) is 5.75 Å². The van der Waals surface area contributed by atoms with Crippen LogP contribution in [0.5, 0.6) is 5.75 Å². The number of benzene rings is 1. The molecule has 0 spiro atoms. The summed E-state index contributed by atoms with van der Waals surface area (Å²) in [6.45, 7) is 0.277. The van der Waals surface area contributed by atoms with Crippen LogP contribution in [0.25, 0.3) is 0 Å². The van der Waals surface area contributed by atoms with Gasteiger partial charge in [-0.2, -0.15) is 0 Å². The maximum atomic E-state index is 12.1. The van der Waals surface area contributed by atoms with Crippen LogP contribution in [0.3, 0.4) is 0 Å². The second-order valence-electron chi connectivity index (χ2n) is 5.93. The Bertz CT molecular complexity index is 494. The standard InChI is InChI=1S/C16H23N3O2/c1-21-15-5-3-2-4-14(15)17-10-16(20)19-13-8-11-6-7-12(9-13)18-11/h2-5,11-13,17-18H,6-10H2,1H3,(H,19,20). The number of carbonyl (C=O) groups excluding carboxylic acids is 1. The van der Waals surface area contributed by atoms with E-state index < -0.39 is 0 Å². The van der Waals surface area contributed by atoms with Crippen LogP contribution < -0.4 is 20.7 Å². The lowest BCUT2D eigenvalue weighted by atomic mass is 10.00. The van der Waals surface area contributed by atoms with Crippen LogP contribution in [-0.2, 0) is 4.79 Å². The summed E-state index contributed by atoms with van der Waals surface area (Å²) in [6.07, 6.45) is 4.60. The van der Waals surface area contributed by atoms with E-state index in [1.54, 1.807) is 7.11 Å². The molecule has 2 aliphatic rings. The van der Waals surface area contributed by atoms with Crippen molar-refractivity contribution in [3.05, 3.63) is 24.3 Å². The van der Waals surface area contributed by atoms with Crippen molar-refractivity contribution in [3.63, 3.8) is 0 Å². The number of hydrogen-bond donors (Lipinski definition) is 3. The van der Waals surface area contributed by atoms with Gasteiger partial charge in [-0.25, -0.2) is 0 Å². The van der Waals surface area contributed by atoms with Crippen LogP contribution in [0.2, 0.25) is 0 Å². The molecule has 114 valence electrons. The van der Waals surface area contributed by atoms with Gasteiger partial charge in [-0.05, 0) is 37.8 Å². The van der Waals surface area contributed by atoms with E-state index in [0.29, 0.717) is 18.1 Å². The summed E-state index contributed by atoms with van der Waals surface area (Å²) >= 11 is 0. The van der Waals surface area contributed by atoms with Crippen LogP contribution in [-0.4, -0.2) is 37.7 Å². The molecule has 5 heteroatoms. The summed E-state index contributed by atoms with van der Waals surface area (Å²) in [5.74, 6) is 0.803. The monoisotopic (exact) mass is 289 g/mol. The lowest BCUT2D eigenvalue weighted by Gasteiger charge is -2.29. The summed E-state index contributed by atoms with van der Waals surface area (Å²) in [6, 6.07) is 9.13. The van der Waals surface area contributed by atoms with Gasteiger partial charge in [-0.3, -0.25) is 4.79 Å². The molecular formula is C16H23N3O2. The van der Waals surface area contributed by atoms with Crippen LogP contribution in [0.1, 0.15) is 25.7 Å². The topological polar surface area (TPSA) is 62.4 Å². The Hall–Kier alpha value is -1.75. The van der Waals surface area contributed by atoms with Crippen molar-refractivity contribution in [1.29, 1.82) is 0 Å². The van der Waals surface area contributed by atoms with E-state index in [2.05, 4.69) is 16.0 Å². The first-order valence-electron chi connectivity index (χ1n) is 7.67. The van der Waals surface area contributed by atoms with Gasteiger partial charge in [0.25, 0.3) is 0 Å². The van der Waals surface area contributed by atoms with Crippen molar-refractivity contribution in [2.45, 2.75) is 43.8 Å². The number of nitrogens with one attached hydrogen (secondary N) is 3. The Morgan fingerprint density at radius 2 is 2.00 bits per heavy atom. The first kappa shape index (κ1) is 14.2. The third kappa shape index (κ3) is 3.47. The summed E-state index contributed by atoms with van der Waals surface area (Å²) in [4.78, 5) is 12.1. The highest BCUT2D eigenvalue weighted by atomic mass is 16.5. The van der Waals surface area contributed by atoms with Gasteiger partial charge < -0.3 is 20.7 Å².